The molecule has 0 unspecified atom stereocenters. The normalized spacial score (nSPS) is 39.6. The molecule has 5 fully saturated rings. The van der Waals surface area contributed by atoms with Crippen molar-refractivity contribution in [1.82, 2.24) is 4.90 Å². The third-order valence-corrected chi connectivity index (χ3v) is 11.3. The van der Waals surface area contributed by atoms with Gasteiger partial charge in [0.2, 0.25) is 0 Å². The van der Waals surface area contributed by atoms with E-state index in [0.717, 1.165) is 43.0 Å². The Kier molecular flexibility index (Phi) is 4.57. The van der Waals surface area contributed by atoms with Gasteiger partial charge in [-0.25, -0.2) is 0 Å². The van der Waals surface area contributed by atoms with Gasteiger partial charge >= 0.3 is 0 Å². The third kappa shape index (κ3) is 2.62. The van der Waals surface area contributed by atoms with Crippen molar-refractivity contribution in [1.29, 1.82) is 0 Å². The summed E-state index contributed by atoms with van der Waals surface area (Å²) in [5.74, 6) is 2.20. The number of rotatable bonds is 7. The smallest absolute Gasteiger partial charge is 0.147 e. The van der Waals surface area contributed by atoms with Gasteiger partial charge in [-0.1, -0.05) is 36.4 Å². The van der Waals surface area contributed by atoms with Crippen molar-refractivity contribution in [3.8, 4) is 5.75 Å². The SMILES string of the molecule is CO[C@]12CC[C@@]3(C[C@@H]1COCc1ccccc1)[C@H]1Cc4ccc(N)c5c4[C@@]3(CCN1CC1CC1)[C@H]2O5. The van der Waals surface area contributed by atoms with Crippen LogP contribution in [0.4, 0.5) is 5.69 Å². The summed E-state index contributed by atoms with van der Waals surface area (Å²) >= 11 is 0. The number of ether oxygens (including phenoxy) is 3. The molecule has 7 aliphatic rings. The average Bonchev–Trinajstić information content (AvgIpc) is 3.64. The number of nitrogens with two attached hydrogens (primary N) is 1. The zero-order valence-electron chi connectivity index (χ0n) is 21.4. The number of hydrogen-bond acceptors (Lipinski definition) is 5. The first-order valence-corrected chi connectivity index (χ1v) is 14.1. The minimum Gasteiger partial charge on any atom is -0.484 e. The van der Waals surface area contributed by atoms with Crippen molar-refractivity contribution >= 4 is 5.69 Å². The Morgan fingerprint density at radius 2 is 1.94 bits per heavy atom. The van der Waals surface area contributed by atoms with E-state index in [-0.39, 0.29) is 22.5 Å². The van der Waals surface area contributed by atoms with Crippen LogP contribution < -0.4 is 10.5 Å². The maximum atomic E-state index is 7.03. The molecule has 2 aromatic rings. The van der Waals surface area contributed by atoms with Gasteiger partial charge in [0.1, 0.15) is 17.5 Å². The summed E-state index contributed by atoms with van der Waals surface area (Å²) < 4.78 is 20.1. The maximum absolute atomic E-state index is 7.03. The third-order valence-electron chi connectivity index (χ3n) is 11.3. The molecule has 5 nitrogen and oxygen atoms in total. The van der Waals surface area contributed by atoms with Gasteiger partial charge in [-0.3, -0.25) is 4.90 Å². The minimum absolute atomic E-state index is 0.0141. The van der Waals surface area contributed by atoms with E-state index in [9.17, 15) is 0 Å². The Labute approximate surface area is 214 Å². The fourth-order valence-electron chi connectivity index (χ4n) is 9.67. The van der Waals surface area contributed by atoms with Crippen molar-refractivity contribution in [3.05, 3.63) is 59.2 Å². The van der Waals surface area contributed by atoms with Crippen LogP contribution >= 0.6 is 0 Å². The van der Waals surface area contributed by atoms with E-state index in [2.05, 4.69) is 47.4 Å². The fourth-order valence-corrected chi connectivity index (χ4v) is 9.67. The van der Waals surface area contributed by atoms with Crippen LogP contribution in [0.3, 0.4) is 0 Å². The largest absolute Gasteiger partial charge is 0.484 e. The number of methoxy groups -OCH3 is 1. The summed E-state index contributed by atoms with van der Waals surface area (Å²) in [4.78, 5) is 2.89. The first-order valence-electron chi connectivity index (χ1n) is 14.1. The van der Waals surface area contributed by atoms with Crippen LogP contribution in [-0.2, 0) is 27.9 Å². The number of nitrogens with zero attached hydrogens (tertiary/aromatic N) is 1. The molecule has 1 saturated heterocycles. The Morgan fingerprint density at radius 3 is 2.75 bits per heavy atom. The molecule has 36 heavy (non-hydrogen) atoms. The lowest BCUT2D eigenvalue weighted by Crippen LogP contribution is -2.81. The Morgan fingerprint density at radius 1 is 1.08 bits per heavy atom. The number of hydrogen-bond donors (Lipinski definition) is 1. The van der Waals surface area contributed by atoms with Crippen molar-refractivity contribution in [2.75, 3.05) is 32.5 Å². The van der Waals surface area contributed by atoms with Crippen molar-refractivity contribution in [2.24, 2.45) is 17.3 Å². The number of piperidine rings is 1. The van der Waals surface area contributed by atoms with Gasteiger partial charge in [-0.15, -0.1) is 0 Å². The van der Waals surface area contributed by atoms with Crippen LogP contribution in [-0.4, -0.2) is 49.5 Å². The molecule has 5 heteroatoms. The first kappa shape index (κ1) is 22.0. The van der Waals surface area contributed by atoms with Gasteiger partial charge in [0.05, 0.1) is 18.9 Å². The van der Waals surface area contributed by atoms with Gasteiger partial charge in [0.25, 0.3) is 0 Å². The van der Waals surface area contributed by atoms with Crippen molar-refractivity contribution in [2.45, 2.75) is 74.7 Å². The number of benzene rings is 2. The zero-order valence-corrected chi connectivity index (χ0v) is 21.4. The van der Waals surface area contributed by atoms with E-state index in [4.69, 9.17) is 19.9 Å². The molecular formula is C31H38N2O3. The van der Waals surface area contributed by atoms with E-state index in [1.807, 2.05) is 7.11 Å². The molecular weight excluding hydrogens is 448 g/mol. The molecule has 0 aromatic heterocycles. The molecule has 5 aliphatic carbocycles. The van der Waals surface area contributed by atoms with E-state index < -0.39 is 0 Å². The summed E-state index contributed by atoms with van der Waals surface area (Å²) in [6, 6.07) is 15.5. The lowest BCUT2D eigenvalue weighted by molar-refractivity contribution is -0.283. The van der Waals surface area contributed by atoms with Gasteiger partial charge in [0, 0.05) is 42.0 Å². The van der Waals surface area contributed by atoms with Crippen LogP contribution in [0.25, 0.3) is 0 Å². The summed E-state index contributed by atoms with van der Waals surface area (Å²) in [7, 11) is 1.91. The molecule has 2 aliphatic heterocycles. The standard InChI is InChI=1S/C31H38N2O3/c1-34-31-12-11-29(16-23(31)19-35-18-21-5-3-2-4-6-21)25-15-22-9-10-24(32)27-26(22)30(29,28(31)36-27)13-14-33(25)17-20-7-8-20/h2-6,9-10,20,23,25,28H,7-8,11-19,32H2,1H3/t23-,25-,28-,29-,30+,31-/m1/s1. The molecule has 6 atom stereocenters. The summed E-state index contributed by atoms with van der Waals surface area (Å²) in [5.41, 5.74) is 11.5. The van der Waals surface area contributed by atoms with Crippen LogP contribution in [0.2, 0.25) is 0 Å². The number of nitrogen functional groups attached to an aromatic ring is 1. The molecule has 2 spiro atoms. The van der Waals surface area contributed by atoms with Gasteiger partial charge < -0.3 is 19.9 Å². The van der Waals surface area contributed by atoms with E-state index >= 15 is 0 Å². The predicted molar refractivity (Wildman–Crippen MR) is 139 cm³/mol. The lowest BCUT2D eigenvalue weighted by atomic mass is 9.35. The second kappa shape index (κ2) is 7.49. The lowest BCUT2D eigenvalue weighted by Gasteiger charge is -2.74. The summed E-state index contributed by atoms with van der Waals surface area (Å²) in [5, 5.41) is 0. The van der Waals surface area contributed by atoms with E-state index in [1.165, 1.54) is 49.0 Å². The number of anilines is 1. The van der Waals surface area contributed by atoms with Crippen LogP contribution in [0.15, 0.2) is 42.5 Å². The number of likely N-dealkylation sites (tertiary alicyclic amines) is 1. The van der Waals surface area contributed by atoms with Gasteiger partial charge in [-0.2, -0.15) is 0 Å². The highest BCUT2D eigenvalue weighted by Crippen LogP contribution is 2.76. The highest BCUT2D eigenvalue weighted by Gasteiger charge is 2.80. The van der Waals surface area contributed by atoms with E-state index in [0.29, 0.717) is 25.2 Å². The molecule has 4 saturated carbocycles. The minimum atomic E-state index is -0.332. The monoisotopic (exact) mass is 486 g/mol. The molecule has 2 heterocycles. The van der Waals surface area contributed by atoms with Gasteiger partial charge in [-0.05, 0) is 74.6 Å². The molecule has 4 bridgehead atoms. The van der Waals surface area contributed by atoms with E-state index in [1.54, 1.807) is 0 Å². The molecule has 190 valence electrons. The maximum Gasteiger partial charge on any atom is 0.147 e. The second-order valence-electron chi connectivity index (χ2n) is 12.6. The molecule has 2 aromatic carbocycles. The Hall–Kier alpha value is -2.08. The Balaban J connectivity index is 1.22. The zero-order chi connectivity index (χ0) is 24.1. The topological polar surface area (TPSA) is 57.0 Å². The molecule has 0 amide bonds. The van der Waals surface area contributed by atoms with Crippen LogP contribution in [0.1, 0.15) is 55.2 Å². The molecule has 2 N–H and O–H groups in total. The van der Waals surface area contributed by atoms with Crippen molar-refractivity contribution < 1.29 is 14.2 Å². The quantitative estimate of drug-likeness (QED) is 0.575. The summed E-state index contributed by atoms with van der Waals surface area (Å²) in [6.07, 6.45) is 8.56. The highest BCUT2D eigenvalue weighted by atomic mass is 16.6. The first-order chi connectivity index (χ1) is 17.6. The van der Waals surface area contributed by atoms with Gasteiger partial charge in [0.15, 0.2) is 0 Å². The number of fused-ring (bicyclic) bond motifs is 2. The van der Waals surface area contributed by atoms with Crippen molar-refractivity contribution in [3.63, 3.8) is 0 Å². The summed E-state index contributed by atoms with van der Waals surface area (Å²) in [6.45, 7) is 3.81. The highest BCUT2D eigenvalue weighted by molar-refractivity contribution is 5.68. The molecule has 0 radical (unpaired) electrons. The fraction of sp³-hybridized carbons (Fsp3) is 0.613. The van der Waals surface area contributed by atoms with Crippen LogP contribution in [0, 0.1) is 17.3 Å². The average molecular weight is 487 g/mol. The molecule has 9 rings (SSSR count). The second-order valence-corrected chi connectivity index (χ2v) is 12.6. The Bertz CT molecular complexity index is 1200. The van der Waals surface area contributed by atoms with Crippen LogP contribution in [0.5, 0.6) is 5.75 Å². The predicted octanol–water partition coefficient (Wildman–Crippen LogP) is 4.71.